The Morgan fingerprint density at radius 2 is 1.74 bits per heavy atom. The predicted molar refractivity (Wildman–Crippen MR) is 175 cm³/mol. The van der Waals surface area contributed by atoms with Crippen molar-refractivity contribution in [2.24, 2.45) is 50.2 Å². The second-order valence-electron chi connectivity index (χ2n) is 17.1. The summed E-state index contributed by atoms with van der Waals surface area (Å²) >= 11 is 0. The fraction of sp³-hybridized carbons (Fsp3) is 0.590. The Hall–Kier alpha value is -3.66. The van der Waals surface area contributed by atoms with Crippen LogP contribution < -0.4 is 0 Å². The van der Waals surface area contributed by atoms with Gasteiger partial charge in [-0.1, -0.05) is 66.2 Å². The van der Waals surface area contributed by atoms with Crippen LogP contribution in [0.5, 0.6) is 0 Å². The van der Waals surface area contributed by atoms with E-state index in [0.29, 0.717) is 17.8 Å². The van der Waals surface area contributed by atoms with Crippen LogP contribution in [0.4, 0.5) is 0 Å². The average Bonchev–Trinajstić information content (AvgIpc) is 3.50. The van der Waals surface area contributed by atoms with E-state index in [9.17, 15) is 19.6 Å². The quantitative estimate of drug-likeness (QED) is 0.340. The van der Waals surface area contributed by atoms with Crippen LogP contribution in [-0.4, -0.2) is 32.0 Å². The zero-order valence-corrected chi connectivity index (χ0v) is 28.3. The average molecular weight is 619 g/mol. The standard InChI is InChI=1S/C39H46N4O3/c1-34(2)13-15-39(33(46)43-23-41-22-27(43)26-10-8-9-17-42-26)16-14-38(7)31(25(39)20-34)28(44)18-30-36(5)19-24(21-40)32(45)35(3,4)29(36)11-12-37(30,38)6/h8-10,17-19,22-23,25,29,31H,11-16,20H2,1-7H3. The van der Waals surface area contributed by atoms with Crippen molar-refractivity contribution in [1.29, 1.82) is 5.26 Å². The minimum absolute atomic E-state index is 0.000931. The maximum Gasteiger partial charge on any atom is 0.238 e. The fourth-order valence-corrected chi connectivity index (χ4v) is 11.4. The molecule has 0 N–H and O–H groups in total. The summed E-state index contributed by atoms with van der Waals surface area (Å²) in [6.45, 7) is 15.3. The number of rotatable bonds is 2. The first-order valence-electron chi connectivity index (χ1n) is 17.0. The first kappa shape index (κ1) is 31.0. The Morgan fingerprint density at radius 1 is 1.00 bits per heavy atom. The molecule has 240 valence electrons. The summed E-state index contributed by atoms with van der Waals surface area (Å²) in [6, 6.07) is 7.87. The first-order valence-corrected chi connectivity index (χ1v) is 17.0. The van der Waals surface area contributed by atoms with Gasteiger partial charge in [0.15, 0.2) is 11.6 Å². The van der Waals surface area contributed by atoms with Crippen LogP contribution in [-0.2, 0) is 9.59 Å². The molecule has 7 heteroatoms. The SMILES string of the molecule is CC1(C)CCC2(C(=O)n3cncc3-c3ccccn3)CCC3(C)C(C(=O)C=C4C5(C)C=C(C#N)C(=O)C(C)(C)C5CCC43C)C2C1. The number of carbonyl (C=O) groups excluding carboxylic acids is 3. The van der Waals surface area contributed by atoms with Gasteiger partial charge in [-0.25, -0.2) is 4.98 Å². The Balaban J connectivity index is 1.37. The highest BCUT2D eigenvalue weighted by atomic mass is 16.2. The van der Waals surface area contributed by atoms with Crippen molar-refractivity contribution in [3.63, 3.8) is 0 Å². The highest BCUT2D eigenvalue weighted by Crippen LogP contribution is 2.74. The fourth-order valence-electron chi connectivity index (χ4n) is 11.4. The smallest absolute Gasteiger partial charge is 0.238 e. The molecule has 7 unspecified atom stereocenters. The van der Waals surface area contributed by atoms with Gasteiger partial charge in [0, 0.05) is 22.9 Å². The zero-order chi connectivity index (χ0) is 33.1. The summed E-state index contributed by atoms with van der Waals surface area (Å²) in [5, 5.41) is 10.0. The van der Waals surface area contributed by atoms with Gasteiger partial charge < -0.3 is 0 Å². The summed E-state index contributed by atoms with van der Waals surface area (Å²) in [5.74, 6) is -0.384. The van der Waals surface area contributed by atoms with Gasteiger partial charge in [0.05, 0.1) is 28.6 Å². The number of nitrogens with zero attached hydrogens (tertiary/aromatic N) is 4. The number of aromatic nitrogens is 3. The minimum atomic E-state index is -0.699. The van der Waals surface area contributed by atoms with Crippen LogP contribution in [0.2, 0.25) is 0 Å². The lowest BCUT2D eigenvalue weighted by atomic mass is 9.34. The molecule has 0 radical (unpaired) electrons. The van der Waals surface area contributed by atoms with Crippen LogP contribution in [0.3, 0.4) is 0 Å². The summed E-state index contributed by atoms with van der Waals surface area (Å²) in [6.07, 6.45) is 14.5. The topological polar surface area (TPSA) is 106 Å². The van der Waals surface area contributed by atoms with Crippen LogP contribution in [0.1, 0.15) is 98.2 Å². The third-order valence-electron chi connectivity index (χ3n) is 14.1. The molecule has 3 saturated carbocycles. The van der Waals surface area contributed by atoms with Gasteiger partial charge in [-0.05, 0) is 91.2 Å². The Bertz CT molecular complexity index is 1770. The maximum atomic E-state index is 15.0. The molecule has 5 aliphatic rings. The second-order valence-corrected chi connectivity index (χ2v) is 17.1. The number of fused-ring (bicyclic) bond motifs is 7. The molecule has 5 aliphatic carbocycles. The molecule has 0 aliphatic heterocycles. The van der Waals surface area contributed by atoms with Crippen molar-refractivity contribution in [3.8, 4) is 17.5 Å². The largest absolute Gasteiger partial charge is 0.295 e. The second kappa shape index (κ2) is 9.69. The van der Waals surface area contributed by atoms with Gasteiger partial charge in [0.25, 0.3) is 0 Å². The third-order valence-corrected chi connectivity index (χ3v) is 14.1. The first-order chi connectivity index (χ1) is 21.6. The molecule has 7 atom stereocenters. The molecule has 7 nitrogen and oxygen atoms in total. The van der Waals surface area contributed by atoms with Gasteiger partial charge in [-0.15, -0.1) is 0 Å². The van der Waals surface area contributed by atoms with Crippen LogP contribution in [0.25, 0.3) is 11.4 Å². The lowest BCUT2D eigenvalue weighted by molar-refractivity contribution is -0.164. The van der Waals surface area contributed by atoms with Crippen molar-refractivity contribution in [2.45, 2.75) is 93.4 Å². The molecule has 2 heterocycles. The molecule has 0 spiro atoms. The van der Waals surface area contributed by atoms with Crippen LogP contribution >= 0.6 is 0 Å². The Labute approximate surface area is 272 Å². The van der Waals surface area contributed by atoms with Crippen molar-refractivity contribution < 1.29 is 14.4 Å². The van der Waals surface area contributed by atoms with E-state index in [-0.39, 0.29) is 57.0 Å². The van der Waals surface area contributed by atoms with Crippen molar-refractivity contribution in [2.75, 3.05) is 0 Å². The summed E-state index contributed by atoms with van der Waals surface area (Å²) < 4.78 is 1.70. The summed E-state index contributed by atoms with van der Waals surface area (Å²) in [7, 11) is 0. The van der Waals surface area contributed by atoms with E-state index < -0.39 is 16.2 Å². The van der Waals surface area contributed by atoms with Crippen LogP contribution in [0, 0.1) is 61.6 Å². The van der Waals surface area contributed by atoms with E-state index in [1.54, 1.807) is 23.3 Å². The van der Waals surface area contributed by atoms with Crippen LogP contribution in [0.15, 0.2) is 60.2 Å². The van der Waals surface area contributed by atoms with E-state index in [0.717, 1.165) is 44.1 Å². The van der Waals surface area contributed by atoms with E-state index in [4.69, 9.17) is 0 Å². The molecule has 7 rings (SSSR count). The number of hydrogen-bond acceptors (Lipinski definition) is 6. The minimum Gasteiger partial charge on any atom is -0.295 e. The zero-order valence-electron chi connectivity index (χ0n) is 28.3. The van der Waals surface area contributed by atoms with Gasteiger partial charge in [0.1, 0.15) is 12.4 Å². The number of hydrogen-bond donors (Lipinski definition) is 0. The number of Topliss-reactive ketones (excluding diaryl/α,β-unsaturated/α-hetero) is 1. The van der Waals surface area contributed by atoms with E-state index in [2.05, 4.69) is 50.7 Å². The molecule has 0 bridgehead atoms. The monoisotopic (exact) mass is 618 g/mol. The lowest BCUT2D eigenvalue weighted by Gasteiger charge is -2.69. The number of nitriles is 1. The van der Waals surface area contributed by atoms with Gasteiger partial charge in [0.2, 0.25) is 5.91 Å². The molecule has 2 aromatic rings. The Kier molecular flexibility index (Phi) is 6.52. The molecule has 3 fully saturated rings. The molecular weight excluding hydrogens is 572 g/mol. The Morgan fingerprint density at radius 3 is 2.43 bits per heavy atom. The van der Waals surface area contributed by atoms with E-state index in [1.165, 1.54) is 0 Å². The molecule has 0 amide bonds. The van der Waals surface area contributed by atoms with Gasteiger partial charge in [-0.2, -0.15) is 5.26 Å². The van der Waals surface area contributed by atoms with Gasteiger partial charge >= 0.3 is 0 Å². The van der Waals surface area contributed by atoms with E-state index >= 15 is 0 Å². The van der Waals surface area contributed by atoms with Crippen molar-refractivity contribution in [3.05, 3.63) is 60.2 Å². The maximum absolute atomic E-state index is 15.0. The van der Waals surface area contributed by atoms with Gasteiger partial charge in [-0.3, -0.25) is 23.9 Å². The van der Waals surface area contributed by atoms with Crippen molar-refractivity contribution >= 4 is 17.5 Å². The number of carbonyl (C=O) groups is 3. The third kappa shape index (κ3) is 3.85. The number of ketones is 2. The normalized spacial score (nSPS) is 39.0. The summed E-state index contributed by atoms with van der Waals surface area (Å²) in [4.78, 5) is 52.1. The summed E-state index contributed by atoms with van der Waals surface area (Å²) in [5.41, 5.74) is 0.00331. The van der Waals surface area contributed by atoms with Crippen molar-refractivity contribution in [1.82, 2.24) is 14.5 Å². The van der Waals surface area contributed by atoms with E-state index in [1.807, 2.05) is 44.2 Å². The highest BCUT2D eigenvalue weighted by Gasteiger charge is 2.71. The number of allylic oxidation sites excluding steroid dienone is 4. The molecule has 0 saturated heterocycles. The number of imidazole rings is 1. The molecule has 46 heavy (non-hydrogen) atoms. The predicted octanol–water partition coefficient (Wildman–Crippen LogP) is 7.80. The highest BCUT2D eigenvalue weighted by molar-refractivity contribution is 6.04. The molecule has 2 aromatic heterocycles. The lowest BCUT2D eigenvalue weighted by Crippen LogP contribution is -2.66. The molecule has 0 aromatic carbocycles. The number of pyridine rings is 1. The molecular formula is C39H46N4O3.